The van der Waals surface area contributed by atoms with Crippen molar-refractivity contribution in [1.82, 2.24) is 0 Å². The predicted molar refractivity (Wildman–Crippen MR) is 48.9 cm³/mol. The highest BCUT2D eigenvalue weighted by Gasteiger charge is 2.48. The van der Waals surface area contributed by atoms with Crippen molar-refractivity contribution in [2.45, 2.75) is 46.0 Å². The molecule has 68 valence electrons. The third-order valence-electron chi connectivity index (χ3n) is 4.01. The lowest BCUT2D eigenvalue weighted by Gasteiger charge is -2.36. The van der Waals surface area contributed by atoms with Crippen molar-refractivity contribution in [3.8, 4) is 0 Å². The van der Waals surface area contributed by atoms with Crippen LogP contribution in [0, 0.1) is 17.3 Å². The largest absolute Gasteiger partial charge is 0.299 e. The molecule has 0 N–H and O–H groups in total. The Kier molecular flexibility index (Phi) is 1.78. The maximum Gasteiger partial charge on any atom is 0.136 e. The van der Waals surface area contributed by atoms with Crippen molar-refractivity contribution in [3.63, 3.8) is 0 Å². The maximum absolute atomic E-state index is 11.7. The molecule has 0 aromatic rings. The van der Waals surface area contributed by atoms with Gasteiger partial charge in [-0.3, -0.25) is 4.79 Å². The highest BCUT2D eigenvalue weighted by Crippen LogP contribution is 2.52. The van der Waals surface area contributed by atoms with Gasteiger partial charge in [-0.05, 0) is 37.0 Å². The summed E-state index contributed by atoms with van der Waals surface area (Å²) in [5.41, 5.74) is 0.384. The quantitative estimate of drug-likeness (QED) is 0.541. The lowest BCUT2D eigenvalue weighted by molar-refractivity contribution is -0.130. The molecule has 2 saturated carbocycles. The molecule has 0 aromatic heterocycles. The van der Waals surface area contributed by atoms with Gasteiger partial charge in [-0.2, -0.15) is 0 Å². The van der Waals surface area contributed by atoms with Crippen molar-refractivity contribution in [3.05, 3.63) is 0 Å². The van der Waals surface area contributed by atoms with E-state index in [0.29, 0.717) is 23.0 Å². The Labute approximate surface area is 74.5 Å². The normalized spacial score (nSPS) is 47.7. The summed E-state index contributed by atoms with van der Waals surface area (Å²) in [5, 5.41) is 0. The van der Waals surface area contributed by atoms with E-state index in [4.69, 9.17) is 0 Å². The summed E-state index contributed by atoms with van der Waals surface area (Å²) in [6.07, 6.45) is 5.83. The third kappa shape index (κ3) is 1.02. The second kappa shape index (κ2) is 2.58. The molecular weight excluding hydrogens is 148 g/mol. The first-order valence-electron chi connectivity index (χ1n) is 5.16. The molecular formula is C11H18O. The topological polar surface area (TPSA) is 17.1 Å². The number of ketones is 1. The van der Waals surface area contributed by atoms with Crippen LogP contribution in [0.2, 0.25) is 0 Å². The van der Waals surface area contributed by atoms with Crippen LogP contribution in [0.15, 0.2) is 0 Å². The molecule has 2 aliphatic rings. The summed E-state index contributed by atoms with van der Waals surface area (Å²) < 4.78 is 0. The fourth-order valence-electron chi connectivity index (χ4n) is 3.37. The maximum atomic E-state index is 11.7. The molecule has 0 aromatic carbocycles. The summed E-state index contributed by atoms with van der Waals surface area (Å²) in [6.45, 7) is 4.57. The van der Waals surface area contributed by atoms with Gasteiger partial charge < -0.3 is 0 Å². The molecule has 0 aliphatic heterocycles. The van der Waals surface area contributed by atoms with Crippen LogP contribution >= 0.6 is 0 Å². The average Bonchev–Trinajstić information content (AvgIpc) is 2.29. The number of carbonyl (C=O) groups excluding carboxylic acids is 1. The van der Waals surface area contributed by atoms with E-state index in [0.717, 1.165) is 12.8 Å². The first-order chi connectivity index (χ1) is 5.63. The van der Waals surface area contributed by atoms with Gasteiger partial charge in [0.05, 0.1) is 0 Å². The van der Waals surface area contributed by atoms with Crippen LogP contribution in [0.3, 0.4) is 0 Å². The summed E-state index contributed by atoms with van der Waals surface area (Å²) in [4.78, 5) is 11.7. The lowest BCUT2D eigenvalue weighted by Crippen LogP contribution is -2.35. The van der Waals surface area contributed by atoms with Crippen LogP contribution in [0.5, 0.6) is 0 Å². The number of fused-ring (bicyclic) bond motifs is 1. The minimum Gasteiger partial charge on any atom is -0.299 e. The molecule has 0 spiro atoms. The van der Waals surface area contributed by atoms with Gasteiger partial charge in [0.25, 0.3) is 0 Å². The minimum absolute atomic E-state index is 0.384. The van der Waals surface area contributed by atoms with Crippen molar-refractivity contribution >= 4 is 5.78 Å². The molecule has 1 heteroatoms. The van der Waals surface area contributed by atoms with Crippen molar-refractivity contribution in [1.29, 1.82) is 0 Å². The van der Waals surface area contributed by atoms with Crippen LogP contribution < -0.4 is 0 Å². The highest BCUT2D eigenvalue weighted by atomic mass is 16.1. The number of hydrogen-bond donors (Lipinski definition) is 0. The van der Waals surface area contributed by atoms with Crippen LogP contribution in [-0.2, 0) is 4.79 Å². The smallest absolute Gasteiger partial charge is 0.136 e. The molecule has 1 nitrogen and oxygen atoms in total. The van der Waals surface area contributed by atoms with Crippen LogP contribution in [0.4, 0.5) is 0 Å². The second-order valence-corrected chi connectivity index (χ2v) is 4.97. The standard InChI is InChI=1S/C11H18O/c1-8-5-7-11(2)6-3-4-9(12)10(8)11/h8,10H,3-7H2,1-2H3/t8-,10-,11+/m1/s1. The minimum atomic E-state index is 0.384. The Bertz CT molecular complexity index is 205. The molecule has 0 bridgehead atoms. The van der Waals surface area contributed by atoms with Crippen LogP contribution in [0.1, 0.15) is 46.0 Å². The Morgan fingerprint density at radius 2 is 2.17 bits per heavy atom. The Hall–Kier alpha value is -0.330. The van der Waals surface area contributed by atoms with Crippen molar-refractivity contribution in [2.24, 2.45) is 17.3 Å². The summed E-state index contributed by atoms with van der Waals surface area (Å²) in [7, 11) is 0. The summed E-state index contributed by atoms with van der Waals surface area (Å²) in [5.74, 6) is 1.61. The zero-order valence-electron chi connectivity index (χ0n) is 8.10. The van der Waals surface area contributed by atoms with E-state index in [1.54, 1.807) is 0 Å². The van der Waals surface area contributed by atoms with Crippen molar-refractivity contribution < 1.29 is 4.79 Å². The van der Waals surface area contributed by atoms with Gasteiger partial charge in [-0.1, -0.05) is 13.8 Å². The molecule has 0 saturated heterocycles. The van der Waals surface area contributed by atoms with E-state index in [-0.39, 0.29) is 0 Å². The number of carbonyl (C=O) groups is 1. The van der Waals surface area contributed by atoms with Gasteiger partial charge in [0.1, 0.15) is 5.78 Å². The Balaban J connectivity index is 2.26. The molecule has 2 rings (SSSR count). The van der Waals surface area contributed by atoms with Gasteiger partial charge in [0.15, 0.2) is 0 Å². The first kappa shape index (κ1) is 8.28. The van der Waals surface area contributed by atoms with Crippen molar-refractivity contribution in [2.75, 3.05) is 0 Å². The second-order valence-electron chi connectivity index (χ2n) is 4.97. The zero-order valence-corrected chi connectivity index (χ0v) is 8.10. The number of rotatable bonds is 0. The van der Waals surface area contributed by atoms with E-state index >= 15 is 0 Å². The molecule has 2 aliphatic carbocycles. The lowest BCUT2D eigenvalue weighted by atomic mass is 9.67. The Morgan fingerprint density at radius 3 is 2.83 bits per heavy atom. The molecule has 2 fully saturated rings. The predicted octanol–water partition coefficient (Wildman–Crippen LogP) is 2.79. The molecule has 0 heterocycles. The van der Waals surface area contributed by atoms with Gasteiger partial charge in [0.2, 0.25) is 0 Å². The molecule has 0 radical (unpaired) electrons. The van der Waals surface area contributed by atoms with E-state index in [2.05, 4.69) is 13.8 Å². The van der Waals surface area contributed by atoms with E-state index in [1.165, 1.54) is 19.3 Å². The van der Waals surface area contributed by atoms with E-state index in [1.807, 2.05) is 0 Å². The van der Waals surface area contributed by atoms with Crippen LogP contribution in [0.25, 0.3) is 0 Å². The SMILES string of the molecule is C[C@@H]1CC[C@]2(C)CCCC(=O)[C@@H]12. The fraction of sp³-hybridized carbons (Fsp3) is 0.909. The molecule has 12 heavy (non-hydrogen) atoms. The van der Waals surface area contributed by atoms with Gasteiger partial charge in [-0.15, -0.1) is 0 Å². The molecule has 3 atom stereocenters. The van der Waals surface area contributed by atoms with E-state index in [9.17, 15) is 4.79 Å². The summed E-state index contributed by atoms with van der Waals surface area (Å²) in [6, 6.07) is 0. The number of hydrogen-bond acceptors (Lipinski definition) is 1. The van der Waals surface area contributed by atoms with Gasteiger partial charge >= 0.3 is 0 Å². The molecule has 0 unspecified atom stereocenters. The average molecular weight is 166 g/mol. The fourth-order valence-corrected chi connectivity index (χ4v) is 3.37. The van der Waals surface area contributed by atoms with Crippen LogP contribution in [-0.4, -0.2) is 5.78 Å². The number of Topliss-reactive ketones (excluding diaryl/α,β-unsaturated/α-hetero) is 1. The van der Waals surface area contributed by atoms with Gasteiger partial charge in [0, 0.05) is 12.3 Å². The first-order valence-corrected chi connectivity index (χ1v) is 5.16. The highest BCUT2D eigenvalue weighted by molar-refractivity contribution is 5.83. The monoisotopic (exact) mass is 166 g/mol. The summed E-state index contributed by atoms with van der Waals surface area (Å²) >= 11 is 0. The third-order valence-corrected chi connectivity index (χ3v) is 4.01. The molecule has 0 amide bonds. The Morgan fingerprint density at radius 1 is 1.42 bits per heavy atom. The van der Waals surface area contributed by atoms with Gasteiger partial charge in [-0.25, -0.2) is 0 Å². The van der Waals surface area contributed by atoms with E-state index < -0.39 is 0 Å². The zero-order chi connectivity index (χ0) is 8.77.